The third-order valence-corrected chi connectivity index (χ3v) is 3.82. The third-order valence-electron chi connectivity index (χ3n) is 3.17. The van der Waals surface area contributed by atoms with Crippen molar-refractivity contribution in [3.63, 3.8) is 0 Å². The Bertz CT molecular complexity index is 598. The second kappa shape index (κ2) is 6.50. The van der Waals surface area contributed by atoms with E-state index < -0.39 is 17.7 Å². The second-order valence-electron chi connectivity index (χ2n) is 4.64. The SMILES string of the molecule is CCCNC(c1ccoc1Br)c1ccc(C)c(F)c1F. The Balaban J connectivity index is 2.47. The van der Waals surface area contributed by atoms with Gasteiger partial charge in [-0.3, -0.25) is 0 Å². The van der Waals surface area contributed by atoms with Gasteiger partial charge in [0, 0.05) is 11.1 Å². The van der Waals surface area contributed by atoms with E-state index in [2.05, 4.69) is 21.2 Å². The maximum atomic E-state index is 14.2. The summed E-state index contributed by atoms with van der Waals surface area (Å²) in [6.07, 6.45) is 2.41. The number of hydrogen-bond acceptors (Lipinski definition) is 2. The standard InChI is InChI=1S/C15H16BrF2NO/c1-3-7-19-14(11-6-8-20-15(11)16)10-5-4-9(2)12(17)13(10)18/h4-6,8,14,19H,3,7H2,1-2H3. The fourth-order valence-corrected chi connectivity index (χ4v) is 2.54. The first kappa shape index (κ1) is 15.2. The minimum atomic E-state index is -0.813. The van der Waals surface area contributed by atoms with Gasteiger partial charge in [-0.05, 0) is 47.4 Å². The van der Waals surface area contributed by atoms with Crippen LogP contribution in [0.4, 0.5) is 8.78 Å². The predicted molar refractivity (Wildman–Crippen MR) is 77.6 cm³/mol. The summed E-state index contributed by atoms with van der Waals surface area (Å²) in [6, 6.07) is 4.50. The maximum absolute atomic E-state index is 14.2. The van der Waals surface area contributed by atoms with Crippen LogP contribution in [0.2, 0.25) is 0 Å². The lowest BCUT2D eigenvalue weighted by Crippen LogP contribution is -2.24. The Morgan fingerprint density at radius 2 is 1.95 bits per heavy atom. The molecule has 1 heterocycles. The van der Waals surface area contributed by atoms with Crippen LogP contribution >= 0.6 is 15.9 Å². The molecule has 108 valence electrons. The van der Waals surface area contributed by atoms with Gasteiger partial charge in [0.25, 0.3) is 0 Å². The van der Waals surface area contributed by atoms with Crippen LogP contribution in [0, 0.1) is 18.6 Å². The molecule has 2 nitrogen and oxygen atoms in total. The van der Waals surface area contributed by atoms with Crippen LogP contribution in [0.1, 0.15) is 36.1 Å². The summed E-state index contributed by atoms with van der Waals surface area (Å²) in [5, 5.41) is 3.22. The summed E-state index contributed by atoms with van der Waals surface area (Å²) in [5.74, 6) is -1.61. The van der Waals surface area contributed by atoms with E-state index in [0.717, 1.165) is 12.0 Å². The number of furan rings is 1. The van der Waals surface area contributed by atoms with Crippen LogP contribution < -0.4 is 5.32 Å². The Kier molecular flexibility index (Phi) is 4.94. The van der Waals surface area contributed by atoms with Crippen LogP contribution in [0.25, 0.3) is 0 Å². The predicted octanol–water partition coefficient (Wildman–Crippen LogP) is 4.72. The topological polar surface area (TPSA) is 25.2 Å². The molecule has 0 saturated heterocycles. The van der Waals surface area contributed by atoms with Gasteiger partial charge in [0.15, 0.2) is 16.3 Å². The van der Waals surface area contributed by atoms with Gasteiger partial charge in [-0.1, -0.05) is 19.1 Å². The molecule has 0 saturated carbocycles. The first-order valence-electron chi connectivity index (χ1n) is 6.47. The molecule has 0 radical (unpaired) electrons. The van der Waals surface area contributed by atoms with Crippen LogP contribution in [-0.4, -0.2) is 6.54 Å². The summed E-state index contributed by atoms with van der Waals surface area (Å²) in [5.41, 5.74) is 1.33. The normalized spacial score (nSPS) is 12.7. The average Bonchev–Trinajstić information content (AvgIpc) is 2.85. The number of rotatable bonds is 5. The highest BCUT2D eigenvalue weighted by Gasteiger charge is 2.23. The average molecular weight is 344 g/mol. The molecule has 1 atom stereocenters. The van der Waals surface area contributed by atoms with Crippen LogP contribution in [0.5, 0.6) is 0 Å². The van der Waals surface area contributed by atoms with Gasteiger partial charge in [0.1, 0.15) is 0 Å². The Morgan fingerprint density at radius 1 is 1.20 bits per heavy atom. The van der Waals surface area contributed by atoms with Crippen molar-refractivity contribution in [1.29, 1.82) is 0 Å². The van der Waals surface area contributed by atoms with E-state index in [4.69, 9.17) is 4.42 Å². The fraction of sp³-hybridized carbons (Fsp3) is 0.333. The van der Waals surface area contributed by atoms with Gasteiger partial charge in [-0.25, -0.2) is 8.78 Å². The van der Waals surface area contributed by atoms with Crippen molar-refractivity contribution in [2.45, 2.75) is 26.3 Å². The largest absolute Gasteiger partial charge is 0.457 e. The molecule has 0 fully saturated rings. The smallest absolute Gasteiger partial charge is 0.174 e. The molecule has 1 aromatic carbocycles. The van der Waals surface area contributed by atoms with Crippen LogP contribution in [0.15, 0.2) is 33.5 Å². The highest BCUT2D eigenvalue weighted by Crippen LogP contribution is 2.32. The van der Waals surface area contributed by atoms with Crippen molar-refractivity contribution in [2.75, 3.05) is 6.54 Å². The van der Waals surface area contributed by atoms with E-state index >= 15 is 0 Å². The van der Waals surface area contributed by atoms with E-state index in [0.29, 0.717) is 16.8 Å². The van der Waals surface area contributed by atoms with Gasteiger partial charge in [-0.15, -0.1) is 0 Å². The second-order valence-corrected chi connectivity index (χ2v) is 5.36. The van der Waals surface area contributed by atoms with Crippen LogP contribution in [-0.2, 0) is 0 Å². The molecular formula is C15H16BrF2NO. The molecule has 0 spiro atoms. The number of hydrogen-bond donors (Lipinski definition) is 1. The molecule has 2 rings (SSSR count). The molecular weight excluding hydrogens is 328 g/mol. The molecule has 1 unspecified atom stereocenters. The lowest BCUT2D eigenvalue weighted by atomic mass is 9.99. The monoisotopic (exact) mass is 343 g/mol. The number of benzene rings is 1. The highest BCUT2D eigenvalue weighted by atomic mass is 79.9. The summed E-state index contributed by atoms with van der Waals surface area (Å²) in [7, 11) is 0. The van der Waals surface area contributed by atoms with E-state index in [1.54, 1.807) is 25.1 Å². The zero-order chi connectivity index (χ0) is 14.7. The van der Waals surface area contributed by atoms with Crippen molar-refractivity contribution in [1.82, 2.24) is 5.32 Å². The molecule has 1 aromatic heterocycles. The van der Waals surface area contributed by atoms with Crippen molar-refractivity contribution < 1.29 is 13.2 Å². The van der Waals surface area contributed by atoms with Gasteiger partial charge in [-0.2, -0.15) is 0 Å². The molecule has 0 bridgehead atoms. The van der Waals surface area contributed by atoms with E-state index in [1.165, 1.54) is 6.26 Å². The molecule has 1 N–H and O–H groups in total. The summed E-state index contributed by atoms with van der Waals surface area (Å²) >= 11 is 3.29. The lowest BCUT2D eigenvalue weighted by Gasteiger charge is -2.19. The number of aryl methyl sites for hydroxylation is 1. The van der Waals surface area contributed by atoms with Crippen molar-refractivity contribution in [3.8, 4) is 0 Å². The summed E-state index contributed by atoms with van der Waals surface area (Å²) < 4.78 is 33.7. The molecule has 0 amide bonds. The minimum Gasteiger partial charge on any atom is -0.457 e. The van der Waals surface area contributed by atoms with E-state index in [-0.39, 0.29) is 5.56 Å². The summed E-state index contributed by atoms with van der Waals surface area (Å²) in [4.78, 5) is 0. The first-order valence-corrected chi connectivity index (χ1v) is 7.26. The van der Waals surface area contributed by atoms with Gasteiger partial charge < -0.3 is 9.73 Å². The molecule has 20 heavy (non-hydrogen) atoms. The molecule has 0 aliphatic heterocycles. The van der Waals surface area contributed by atoms with Crippen LogP contribution in [0.3, 0.4) is 0 Å². The molecule has 5 heteroatoms. The Hall–Kier alpha value is -1.20. The van der Waals surface area contributed by atoms with E-state index in [9.17, 15) is 8.78 Å². The quantitative estimate of drug-likeness (QED) is 0.849. The van der Waals surface area contributed by atoms with Crippen molar-refractivity contribution in [3.05, 3.63) is 57.5 Å². The zero-order valence-corrected chi connectivity index (χ0v) is 12.9. The maximum Gasteiger partial charge on any atom is 0.174 e. The first-order chi connectivity index (χ1) is 9.56. The van der Waals surface area contributed by atoms with E-state index in [1.807, 2.05) is 6.92 Å². The Morgan fingerprint density at radius 3 is 2.55 bits per heavy atom. The zero-order valence-electron chi connectivity index (χ0n) is 11.3. The van der Waals surface area contributed by atoms with Gasteiger partial charge in [0.2, 0.25) is 0 Å². The third kappa shape index (κ3) is 2.94. The molecule has 2 aromatic rings. The van der Waals surface area contributed by atoms with Gasteiger partial charge >= 0.3 is 0 Å². The van der Waals surface area contributed by atoms with Gasteiger partial charge in [0.05, 0.1) is 12.3 Å². The summed E-state index contributed by atoms with van der Waals surface area (Å²) in [6.45, 7) is 4.25. The minimum absolute atomic E-state index is 0.281. The number of halogens is 3. The molecule has 0 aliphatic rings. The van der Waals surface area contributed by atoms with Crippen molar-refractivity contribution in [2.24, 2.45) is 0 Å². The lowest BCUT2D eigenvalue weighted by molar-refractivity contribution is 0.472. The highest BCUT2D eigenvalue weighted by molar-refractivity contribution is 9.10. The molecule has 0 aliphatic carbocycles. The Labute approximate surface area is 125 Å². The fourth-order valence-electron chi connectivity index (χ4n) is 2.07. The van der Waals surface area contributed by atoms with Crippen molar-refractivity contribution >= 4 is 15.9 Å². The number of nitrogens with one attached hydrogen (secondary N) is 1.